The summed E-state index contributed by atoms with van der Waals surface area (Å²) in [5.41, 5.74) is 0.961. The summed E-state index contributed by atoms with van der Waals surface area (Å²) in [5.74, 6) is -2.75. The number of rotatable bonds is 5. The summed E-state index contributed by atoms with van der Waals surface area (Å²) in [6, 6.07) is 14.7. The van der Waals surface area contributed by atoms with Gasteiger partial charge in [-0.2, -0.15) is 0 Å². The molecule has 6 nitrogen and oxygen atoms in total. The van der Waals surface area contributed by atoms with Gasteiger partial charge in [0.05, 0.1) is 23.0 Å². The number of carbonyl (C=O) groups is 2. The number of benzene rings is 2. The minimum atomic E-state index is -1.24. The Morgan fingerprint density at radius 2 is 1.87 bits per heavy atom. The van der Waals surface area contributed by atoms with Gasteiger partial charge in [0.2, 0.25) is 0 Å². The molecule has 0 bridgehead atoms. The van der Waals surface area contributed by atoms with Gasteiger partial charge in [-0.1, -0.05) is 18.2 Å². The molecule has 4 rings (SSSR count). The van der Waals surface area contributed by atoms with Crippen LogP contribution in [0.4, 0.5) is 14.5 Å². The zero-order valence-electron chi connectivity index (χ0n) is 16.3. The predicted octanol–water partition coefficient (Wildman–Crippen LogP) is 4.96. The molecule has 2 aromatic heterocycles. The molecule has 2 heterocycles. The number of ether oxygens (including phenoxy) is 1. The quantitative estimate of drug-likeness (QED) is 0.460. The van der Waals surface area contributed by atoms with Gasteiger partial charge in [-0.15, -0.1) is 0 Å². The summed E-state index contributed by atoms with van der Waals surface area (Å²) < 4.78 is 37.5. The summed E-state index contributed by atoms with van der Waals surface area (Å²) in [6.07, 6.45) is 0.251. The van der Waals surface area contributed by atoms with Gasteiger partial charge in [-0.3, -0.25) is 4.79 Å². The average molecular weight is 422 g/mol. The van der Waals surface area contributed by atoms with Crippen LogP contribution in [0.2, 0.25) is 0 Å². The Hall–Kier alpha value is -4.07. The maximum Gasteiger partial charge on any atom is 0.339 e. The molecular formula is C23H16F2N2O4. The summed E-state index contributed by atoms with van der Waals surface area (Å²) in [7, 11) is 0. The number of halogens is 2. The molecule has 156 valence electrons. The first kappa shape index (κ1) is 20.2. The van der Waals surface area contributed by atoms with Gasteiger partial charge in [0, 0.05) is 11.5 Å². The summed E-state index contributed by atoms with van der Waals surface area (Å²) >= 11 is 0. The maximum absolute atomic E-state index is 13.8. The van der Waals surface area contributed by atoms with Gasteiger partial charge in [-0.25, -0.2) is 18.6 Å². The SMILES string of the molecule is CC(OC(=O)c1cc(-c2ccco2)nc2ccccc12)C(=O)Nc1ccc(F)cc1F. The van der Waals surface area contributed by atoms with Gasteiger partial charge in [0.25, 0.3) is 5.91 Å². The summed E-state index contributed by atoms with van der Waals surface area (Å²) in [4.78, 5) is 29.7. The molecule has 8 heteroatoms. The number of esters is 1. The summed E-state index contributed by atoms with van der Waals surface area (Å²) in [6.45, 7) is 1.35. The Morgan fingerprint density at radius 1 is 1.06 bits per heavy atom. The zero-order chi connectivity index (χ0) is 22.0. The van der Waals surface area contributed by atoms with Crippen LogP contribution < -0.4 is 5.32 Å². The molecule has 31 heavy (non-hydrogen) atoms. The fraction of sp³-hybridized carbons (Fsp3) is 0.0870. The average Bonchev–Trinajstić information content (AvgIpc) is 3.29. The van der Waals surface area contributed by atoms with E-state index in [1.807, 2.05) is 0 Å². The van der Waals surface area contributed by atoms with Crippen LogP contribution >= 0.6 is 0 Å². The lowest BCUT2D eigenvalue weighted by Crippen LogP contribution is -2.30. The maximum atomic E-state index is 13.8. The highest BCUT2D eigenvalue weighted by atomic mass is 19.1. The van der Waals surface area contributed by atoms with Crippen LogP contribution in [0.15, 0.2) is 71.3 Å². The number of nitrogens with one attached hydrogen (secondary N) is 1. The van der Waals surface area contributed by atoms with E-state index in [0.29, 0.717) is 28.4 Å². The molecule has 1 amide bonds. The smallest absolute Gasteiger partial charge is 0.339 e. The minimum Gasteiger partial charge on any atom is -0.463 e. The first-order valence-electron chi connectivity index (χ1n) is 9.33. The van der Waals surface area contributed by atoms with Gasteiger partial charge in [-0.05, 0) is 43.3 Å². The number of aromatic nitrogens is 1. The lowest BCUT2D eigenvalue weighted by Gasteiger charge is -2.15. The Balaban J connectivity index is 1.58. The molecule has 1 atom stereocenters. The molecule has 0 fully saturated rings. The Kier molecular flexibility index (Phi) is 5.44. The topological polar surface area (TPSA) is 81.4 Å². The molecule has 0 aliphatic heterocycles. The second-order valence-electron chi connectivity index (χ2n) is 6.71. The van der Waals surface area contributed by atoms with Gasteiger partial charge >= 0.3 is 5.97 Å². The van der Waals surface area contributed by atoms with E-state index in [1.54, 1.807) is 36.4 Å². The van der Waals surface area contributed by atoms with E-state index >= 15 is 0 Å². The normalized spacial score (nSPS) is 11.8. The number of amides is 1. The molecule has 0 saturated heterocycles. The third kappa shape index (κ3) is 4.28. The van der Waals surface area contributed by atoms with E-state index in [4.69, 9.17) is 9.15 Å². The first-order valence-corrected chi connectivity index (χ1v) is 9.33. The van der Waals surface area contributed by atoms with Crippen LogP contribution in [0.1, 0.15) is 17.3 Å². The fourth-order valence-electron chi connectivity index (χ4n) is 3.00. The molecule has 1 N–H and O–H groups in total. The largest absolute Gasteiger partial charge is 0.463 e. The van der Waals surface area contributed by atoms with Crippen molar-refractivity contribution < 1.29 is 27.5 Å². The molecular weight excluding hydrogens is 406 g/mol. The standard InChI is InChI=1S/C23H16F2N2O4/c1-13(22(28)27-19-9-8-14(24)11-17(19)25)31-23(29)16-12-20(21-7-4-10-30-21)26-18-6-3-2-5-15(16)18/h2-13H,1H3,(H,27,28). The van der Waals surface area contributed by atoms with Crippen molar-refractivity contribution in [2.75, 3.05) is 5.32 Å². The van der Waals surface area contributed by atoms with E-state index in [2.05, 4.69) is 10.3 Å². The fourth-order valence-corrected chi connectivity index (χ4v) is 3.00. The van der Waals surface area contributed by atoms with Crippen LogP contribution in [0.5, 0.6) is 0 Å². The number of pyridine rings is 1. The van der Waals surface area contributed by atoms with Gasteiger partial charge in [0.15, 0.2) is 11.9 Å². The van der Waals surface area contributed by atoms with Crippen molar-refractivity contribution in [2.45, 2.75) is 13.0 Å². The van der Waals surface area contributed by atoms with Crippen LogP contribution in [-0.4, -0.2) is 23.0 Å². The number of anilines is 1. The molecule has 2 aromatic carbocycles. The van der Waals surface area contributed by atoms with Crippen molar-refractivity contribution in [1.82, 2.24) is 4.98 Å². The molecule has 0 aliphatic carbocycles. The second kappa shape index (κ2) is 8.35. The highest BCUT2D eigenvalue weighted by Gasteiger charge is 2.23. The van der Waals surface area contributed by atoms with Crippen LogP contribution in [-0.2, 0) is 9.53 Å². The molecule has 0 radical (unpaired) electrons. The summed E-state index contributed by atoms with van der Waals surface area (Å²) in [5, 5.41) is 2.82. The van der Waals surface area contributed by atoms with Crippen molar-refractivity contribution in [1.29, 1.82) is 0 Å². The number of furan rings is 1. The van der Waals surface area contributed by atoms with E-state index in [-0.39, 0.29) is 11.3 Å². The first-order chi connectivity index (χ1) is 14.9. The third-order valence-electron chi connectivity index (χ3n) is 4.55. The van der Waals surface area contributed by atoms with E-state index in [0.717, 1.165) is 12.1 Å². The molecule has 1 unspecified atom stereocenters. The van der Waals surface area contributed by atoms with Crippen LogP contribution in [0.3, 0.4) is 0 Å². The Bertz CT molecular complexity index is 1270. The Morgan fingerprint density at radius 3 is 2.61 bits per heavy atom. The second-order valence-corrected chi connectivity index (χ2v) is 6.71. The van der Waals surface area contributed by atoms with Gasteiger partial charge in [0.1, 0.15) is 17.3 Å². The van der Waals surface area contributed by atoms with Crippen LogP contribution in [0.25, 0.3) is 22.4 Å². The highest BCUT2D eigenvalue weighted by Crippen LogP contribution is 2.26. The number of carbonyl (C=O) groups excluding carboxylic acids is 2. The lowest BCUT2D eigenvalue weighted by molar-refractivity contribution is -0.123. The zero-order valence-corrected chi connectivity index (χ0v) is 16.3. The van der Waals surface area contributed by atoms with Crippen LogP contribution in [0, 0.1) is 11.6 Å². The number of para-hydroxylation sites is 1. The molecule has 0 saturated carbocycles. The van der Waals surface area contributed by atoms with E-state index < -0.39 is 29.6 Å². The number of nitrogens with zero attached hydrogens (tertiary/aromatic N) is 1. The van der Waals surface area contributed by atoms with Crippen molar-refractivity contribution in [3.63, 3.8) is 0 Å². The monoisotopic (exact) mass is 422 g/mol. The molecule has 0 spiro atoms. The van der Waals surface area contributed by atoms with E-state index in [1.165, 1.54) is 19.3 Å². The number of hydrogen-bond donors (Lipinski definition) is 1. The third-order valence-corrected chi connectivity index (χ3v) is 4.55. The highest BCUT2D eigenvalue weighted by molar-refractivity contribution is 6.05. The molecule has 0 aliphatic rings. The Labute approximate surface area is 175 Å². The van der Waals surface area contributed by atoms with Crippen molar-refractivity contribution in [3.05, 3.63) is 84.1 Å². The predicted molar refractivity (Wildman–Crippen MR) is 109 cm³/mol. The van der Waals surface area contributed by atoms with Gasteiger partial charge < -0.3 is 14.5 Å². The van der Waals surface area contributed by atoms with E-state index in [9.17, 15) is 18.4 Å². The van der Waals surface area contributed by atoms with Crippen molar-refractivity contribution in [3.8, 4) is 11.5 Å². The number of fused-ring (bicyclic) bond motifs is 1. The lowest BCUT2D eigenvalue weighted by atomic mass is 10.1. The minimum absolute atomic E-state index is 0.199. The van der Waals surface area contributed by atoms with Crippen molar-refractivity contribution in [2.24, 2.45) is 0 Å². The molecule has 4 aromatic rings. The van der Waals surface area contributed by atoms with Crippen molar-refractivity contribution >= 4 is 28.5 Å². The number of hydrogen-bond acceptors (Lipinski definition) is 5.